The Hall–Kier alpha value is -2.12. The van der Waals surface area contributed by atoms with E-state index in [-0.39, 0.29) is 6.61 Å². The minimum absolute atomic E-state index is 0.192. The number of hydrogen-bond donors (Lipinski definition) is 4. The van der Waals surface area contributed by atoms with Crippen LogP contribution < -0.4 is 10.1 Å². The molecule has 130 valence electrons. The molecule has 0 atom stereocenters. The van der Waals surface area contributed by atoms with Gasteiger partial charge < -0.3 is 25.4 Å². The van der Waals surface area contributed by atoms with Gasteiger partial charge >= 0.3 is 11.9 Å². The predicted molar refractivity (Wildman–Crippen MR) is 85.9 cm³/mol. The van der Waals surface area contributed by atoms with Crippen molar-refractivity contribution < 1.29 is 29.6 Å². The molecule has 0 radical (unpaired) electrons. The summed E-state index contributed by atoms with van der Waals surface area (Å²) in [5.74, 6) is -2.17. The number of ether oxygens (including phenoxy) is 1. The van der Waals surface area contributed by atoms with Gasteiger partial charge in [0.15, 0.2) is 0 Å². The predicted octanol–water partition coefficient (Wildman–Crippen LogP) is 1.32. The van der Waals surface area contributed by atoms with Crippen molar-refractivity contribution in [3.8, 4) is 5.75 Å². The summed E-state index contributed by atoms with van der Waals surface area (Å²) in [6.07, 6.45) is 0.950. The maximum atomic E-state index is 9.10. The Labute approximate surface area is 135 Å². The fourth-order valence-corrected chi connectivity index (χ4v) is 1.55. The van der Waals surface area contributed by atoms with Crippen molar-refractivity contribution in [3.63, 3.8) is 0 Å². The second-order valence-corrected chi connectivity index (χ2v) is 5.01. The molecule has 0 spiro atoms. The van der Waals surface area contributed by atoms with Crippen LogP contribution in [0.5, 0.6) is 5.75 Å². The van der Waals surface area contributed by atoms with Gasteiger partial charge in [-0.1, -0.05) is 26.0 Å². The van der Waals surface area contributed by atoms with Gasteiger partial charge in [0.25, 0.3) is 0 Å². The standard InChI is InChI=1S/C14H23NO2.C2H2O4/c1-12(2)13-5-3-6-14(11-13)17-10-4-7-15-8-9-16;3-1(4)2(5)6/h3,5-6,11-12,15-16H,4,7-10H2,1-2H3;(H,3,4)(H,5,6). The number of carboxylic acid groups (broad SMARTS) is 2. The van der Waals surface area contributed by atoms with Crippen LogP contribution in [0.25, 0.3) is 0 Å². The number of nitrogens with one attached hydrogen (secondary N) is 1. The maximum Gasteiger partial charge on any atom is 0.414 e. The van der Waals surface area contributed by atoms with E-state index in [0.29, 0.717) is 19.1 Å². The van der Waals surface area contributed by atoms with Crippen LogP contribution in [-0.2, 0) is 9.59 Å². The van der Waals surface area contributed by atoms with Crippen molar-refractivity contribution in [2.45, 2.75) is 26.2 Å². The number of aliphatic carboxylic acids is 2. The number of benzene rings is 1. The molecule has 0 aliphatic heterocycles. The normalized spacial score (nSPS) is 9.91. The summed E-state index contributed by atoms with van der Waals surface area (Å²) in [6, 6.07) is 8.26. The molecule has 23 heavy (non-hydrogen) atoms. The molecule has 7 nitrogen and oxygen atoms in total. The highest BCUT2D eigenvalue weighted by Gasteiger charge is 2.04. The molecule has 1 rings (SSSR count). The fourth-order valence-electron chi connectivity index (χ4n) is 1.55. The average Bonchev–Trinajstić information content (AvgIpc) is 2.51. The van der Waals surface area contributed by atoms with Gasteiger partial charge in [0.2, 0.25) is 0 Å². The van der Waals surface area contributed by atoms with Gasteiger partial charge in [-0.3, -0.25) is 0 Å². The molecule has 0 saturated heterocycles. The van der Waals surface area contributed by atoms with E-state index >= 15 is 0 Å². The molecule has 4 N–H and O–H groups in total. The van der Waals surface area contributed by atoms with Gasteiger partial charge in [0.1, 0.15) is 5.75 Å². The third kappa shape index (κ3) is 11.1. The molecule has 7 heteroatoms. The van der Waals surface area contributed by atoms with Crippen molar-refractivity contribution >= 4 is 11.9 Å². The van der Waals surface area contributed by atoms with Gasteiger partial charge in [-0.15, -0.1) is 0 Å². The Morgan fingerprint density at radius 3 is 2.35 bits per heavy atom. The van der Waals surface area contributed by atoms with E-state index < -0.39 is 11.9 Å². The number of carboxylic acids is 2. The van der Waals surface area contributed by atoms with E-state index in [1.165, 1.54) is 5.56 Å². The van der Waals surface area contributed by atoms with Crippen LogP contribution >= 0.6 is 0 Å². The molecular weight excluding hydrogens is 302 g/mol. The average molecular weight is 327 g/mol. The Balaban J connectivity index is 0.000000688. The van der Waals surface area contributed by atoms with Gasteiger partial charge in [0.05, 0.1) is 13.2 Å². The molecule has 0 fully saturated rings. The Kier molecular flexibility index (Phi) is 11.3. The summed E-state index contributed by atoms with van der Waals surface area (Å²) in [4.78, 5) is 18.2. The van der Waals surface area contributed by atoms with Gasteiger partial charge in [-0.05, 0) is 36.6 Å². The largest absolute Gasteiger partial charge is 0.494 e. The monoisotopic (exact) mass is 327 g/mol. The highest BCUT2D eigenvalue weighted by molar-refractivity contribution is 6.27. The van der Waals surface area contributed by atoms with Crippen molar-refractivity contribution in [3.05, 3.63) is 29.8 Å². The third-order valence-electron chi connectivity index (χ3n) is 2.76. The van der Waals surface area contributed by atoms with Crippen molar-refractivity contribution in [1.29, 1.82) is 0 Å². The van der Waals surface area contributed by atoms with Crippen LogP contribution in [0.3, 0.4) is 0 Å². The van der Waals surface area contributed by atoms with E-state index in [1.807, 2.05) is 12.1 Å². The van der Waals surface area contributed by atoms with Crippen LogP contribution in [0.2, 0.25) is 0 Å². The molecule has 0 amide bonds. The number of aliphatic hydroxyl groups is 1. The Morgan fingerprint density at radius 1 is 1.17 bits per heavy atom. The quantitative estimate of drug-likeness (QED) is 0.420. The summed E-state index contributed by atoms with van der Waals surface area (Å²) >= 11 is 0. The topological polar surface area (TPSA) is 116 Å². The van der Waals surface area contributed by atoms with E-state index in [2.05, 4.69) is 31.3 Å². The van der Waals surface area contributed by atoms with Crippen LogP contribution in [0, 0.1) is 0 Å². The van der Waals surface area contributed by atoms with Crippen LogP contribution in [-0.4, -0.2) is 53.6 Å². The number of aliphatic hydroxyl groups excluding tert-OH is 1. The first-order valence-corrected chi connectivity index (χ1v) is 7.39. The molecule has 0 bridgehead atoms. The zero-order valence-electron chi connectivity index (χ0n) is 13.5. The highest BCUT2D eigenvalue weighted by Crippen LogP contribution is 2.20. The van der Waals surface area contributed by atoms with Crippen LogP contribution in [0.4, 0.5) is 0 Å². The lowest BCUT2D eigenvalue weighted by Crippen LogP contribution is -2.20. The van der Waals surface area contributed by atoms with Crippen molar-refractivity contribution in [2.75, 3.05) is 26.3 Å². The molecular formula is C16H25NO6. The summed E-state index contributed by atoms with van der Waals surface area (Å²) in [5, 5.41) is 26.5. The number of rotatable bonds is 8. The van der Waals surface area contributed by atoms with E-state index in [9.17, 15) is 0 Å². The summed E-state index contributed by atoms with van der Waals surface area (Å²) in [7, 11) is 0. The molecule has 0 saturated carbocycles. The summed E-state index contributed by atoms with van der Waals surface area (Å²) in [5.41, 5.74) is 1.31. The second-order valence-electron chi connectivity index (χ2n) is 5.01. The molecule has 0 heterocycles. The lowest BCUT2D eigenvalue weighted by molar-refractivity contribution is -0.159. The molecule has 0 aliphatic carbocycles. The zero-order chi connectivity index (χ0) is 17.7. The molecule has 0 unspecified atom stereocenters. The van der Waals surface area contributed by atoms with E-state index in [4.69, 9.17) is 29.6 Å². The zero-order valence-corrected chi connectivity index (χ0v) is 13.5. The highest BCUT2D eigenvalue weighted by atomic mass is 16.5. The second kappa shape index (κ2) is 12.4. The maximum absolute atomic E-state index is 9.10. The van der Waals surface area contributed by atoms with Gasteiger partial charge in [0, 0.05) is 6.54 Å². The lowest BCUT2D eigenvalue weighted by atomic mass is 10.0. The smallest absolute Gasteiger partial charge is 0.414 e. The van der Waals surface area contributed by atoms with Crippen molar-refractivity contribution in [1.82, 2.24) is 5.32 Å². The van der Waals surface area contributed by atoms with Crippen LogP contribution in [0.1, 0.15) is 31.7 Å². The third-order valence-corrected chi connectivity index (χ3v) is 2.76. The number of hydrogen-bond acceptors (Lipinski definition) is 5. The fraction of sp³-hybridized carbons (Fsp3) is 0.500. The summed E-state index contributed by atoms with van der Waals surface area (Å²) < 4.78 is 5.67. The molecule has 1 aromatic rings. The first-order chi connectivity index (χ1) is 10.9. The van der Waals surface area contributed by atoms with Crippen LogP contribution in [0.15, 0.2) is 24.3 Å². The van der Waals surface area contributed by atoms with Gasteiger partial charge in [-0.2, -0.15) is 0 Å². The lowest BCUT2D eigenvalue weighted by Gasteiger charge is -2.10. The minimum Gasteiger partial charge on any atom is -0.494 e. The van der Waals surface area contributed by atoms with E-state index in [1.54, 1.807) is 0 Å². The SMILES string of the molecule is CC(C)c1cccc(OCCCNCCO)c1.O=C(O)C(=O)O. The van der Waals surface area contributed by atoms with Gasteiger partial charge in [-0.25, -0.2) is 9.59 Å². The first-order valence-electron chi connectivity index (χ1n) is 7.39. The minimum atomic E-state index is -1.82. The molecule has 0 aromatic heterocycles. The summed E-state index contributed by atoms with van der Waals surface area (Å²) in [6.45, 7) is 6.79. The first kappa shape index (κ1) is 20.9. The van der Waals surface area contributed by atoms with Crippen molar-refractivity contribution in [2.24, 2.45) is 0 Å². The molecule has 1 aromatic carbocycles. The molecule has 0 aliphatic rings. The Bertz CT molecular complexity index is 463. The van der Waals surface area contributed by atoms with E-state index in [0.717, 1.165) is 18.7 Å². The Morgan fingerprint density at radius 2 is 1.83 bits per heavy atom. The number of carbonyl (C=O) groups is 2.